The van der Waals surface area contributed by atoms with E-state index >= 15 is 0 Å². The second-order valence-electron chi connectivity index (χ2n) is 5.47. The number of hydrogen-bond acceptors (Lipinski definition) is 5. The Morgan fingerprint density at radius 2 is 2.35 bits per heavy atom. The van der Waals surface area contributed by atoms with Gasteiger partial charge in [-0.2, -0.15) is 4.98 Å². The summed E-state index contributed by atoms with van der Waals surface area (Å²) >= 11 is 3.56. The van der Waals surface area contributed by atoms with Gasteiger partial charge in [0.15, 0.2) is 0 Å². The number of methoxy groups -OCH3 is 1. The number of aromatic nitrogens is 2. The van der Waals surface area contributed by atoms with Crippen LogP contribution in [0.5, 0.6) is 0 Å². The van der Waals surface area contributed by atoms with Crippen LogP contribution >= 0.6 is 15.9 Å². The quantitative estimate of drug-likeness (QED) is 0.891. The second-order valence-corrected chi connectivity index (χ2v) is 6.33. The van der Waals surface area contributed by atoms with Gasteiger partial charge in [-0.25, -0.2) is 4.98 Å². The Kier molecular flexibility index (Phi) is 5.21. The van der Waals surface area contributed by atoms with Crippen molar-refractivity contribution in [1.29, 1.82) is 0 Å². The fourth-order valence-corrected chi connectivity index (χ4v) is 2.90. The monoisotopic (exact) mass is 342 g/mol. The van der Waals surface area contributed by atoms with Gasteiger partial charge in [-0.1, -0.05) is 6.92 Å². The third kappa shape index (κ3) is 3.61. The molecule has 1 unspecified atom stereocenters. The molecule has 1 N–H and O–H groups in total. The average molecular weight is 343 g/mol. The summed E-state index contributed by atoms with van der Waals surface area (Å²) in [4.78, 5) is 11.2. The highest BCUT2D eigenvalue weighted by Gasteiger charge is 2.32. The minimum absolute atomic E-state index is 0.0976. The lowest BCUT2D eigenvalue weighted by atomic mass is 9.95. The van der Waals surface area contributed by atoms with Crippen LogP contribution in [0.25, 0.3) is 0 Å². The van der Waals surface area contributed by atoms with Crippen LogP contribution in [0.1, 0.15) is 33.1 Å². The minimum atomic E-state index is -0.0976. The number of nitrogens with zero attached hydrogens (tertiary/aromatic N) is 3. The van der Waals surface area contributed by atoms with Crippen LogP contribution in [-0.4, -0.2) is 42.3 Å². The molecule has 1 aliphatic rings. The van der Waals surface area contributed by atoms with Gasteiger partial charge in [-0.05, 0) is 42.1 Å². The Bertz CT molecular complexity index is 457. The Balaban J connectivity index is 2.18. The molecule has 5 nitrogen and oxygen atoms in total. The molecule has 2 rings (SSSR count). The summed E-state index contributed by atoms with van der Waals surface area (Å²) in [6, 6.07) is 0. The Labute approximate surface area is 129 Å². The van der Waals surface area contributed by atoms with Crippen LogP contribution in [0.3, 0.4) is 0 Å². The molecule has 1 fully saturated rings. The molecule has 1 aromatic rings. The molecule has 1 atom stereocenters. The van der Waals surface area contributed by atoms with Crippen molar-refractivity contribution in [2.24, 2.45) is 0 Å². The fraction of sp³-hybridized carbons (Fsp3) is 0.714. The lowest BCUT2D eigenvalue weighted by Gasteiger charge is -2.40. The summed E-state index contributed by atoms with van der Waals surface area (Å²) < 4.78 is 6.58. The van der Waals surface area contributed by atoms with Gasteiger partial charge in [-0.15, -0.1) is 0 Å². The number of piperidine rings is 1. The van der Waals surface area contributed by atoms with Crippen molar-refractivity contribution in [1.82, 2.24) is 9.97 Å². The summed E-state index contributed by atoms with van der Waals surface area (Å²) in [5.74, 6) is 1.64. The topological polar surface area (TPSA) is 50.3 Å². The summed E-state index contributed by atoms with van der Waals surface area (Å²) in [6.07, 6.45) is 5.07. The number of nitrogens with one attached hydrogen (secondary N) is 1. The average Bonchev–Trinajstić information content (AvgIpc) is 2.46. The molecular formula is C14H23BrN4O. The molecule has 1 aliphatic heterocycles. The van der Waals surface area contributed by atoms with E-state index in [1.165, 1.54) is 0 Å². The van der Waals surface area contributed by atoms with Crippen molar-refractivity contribution in [3.8, 4) is 0 Å². The number of hydrogen-bond donors (Lipinski definition) is 1. The van der Waals surface area contributed by atoms with Crippen LogP contribution in [0.15, 0.2) is 10.7 Å². The summed E-state index contributed by atoms with van der Waals surface area (Å²) in [5.41, 5.74) is -0.0976. The smallest absolute Gasteiger partial charge is 0.224 e. The van der Waals surface area contributed by atoms with E-state index in [2.05, 4.69) is 50.0 Å². The van der Waals surface area contributed by atoms with Crippen LogP contribution in [0.2, 0.25) is 0 Å². The molecule has 0 amide bonds. The molecule has 0 bridgehead atoms. The first-order chi connectivity index (χ1) is 9.58. The van der Waals surface area contributed by atoms with Gasteiger partial charge in [0.1, 0.15) is 5.82 Å². The highest BCUT2D eigenvalue weighted by molar-refractivity contribution is 9.10. The highest BCUT2D eigenvalue weighted by atomic mass is 79.9. The molecule has 0 saturated carbocycles. The summed E-state index contributed by atoms with van der Waals surface area (Å²) in [7, 11) is 1.78. The van der Waals surface area contributed by atoms with Gasteiger partial charge < -0.3 is 15.0 Å². The zero-order valence-electron chi connectivity index (χ0n) is 12.4. The molecule has 0 spiro atoms. The lowest BCUT2D eigenvalue weighted by Crippen LogP contribution is -2.47. The van der Waals surface area contributed by atoms with Crippen LogP contribution in [0.4, 0.5) is 11.8 Å². The van der Waals surface area contributed by atoms with E-state index < -0.39 is 0 Å². The van der Waals surface area contributed by atoms with Crippen molar-refractivity contribution < 1.29 is 4.74 Å². The van der Waals surface area contributed by atoms with E-state index in [1.54, 1.807) is 7.11 Å². The van der Waals surface area contributed by atoms with Gasteiger partial charge in [0, 0.05) is 32.9 Å². The minimum Gasteiger partial charge on any atom is -0.377 e. The maximum absolute atomic E-state index is 5.65. The van der Waals surface area contributed by atoms with Crippen molar-refractivity contribution in [2.75, 3.05) is 37.0 Å². The lowest BCUT2D eigenvalue weighted by molar-refractivity contribution is -0.00484. The van der Waals surface area contributed by atoms with Gasteiger partial charge in [0.25, 0.3) is 0 Å². The number of halogens is 1. The van der Waals surface area contributed by atoms with Gasteiger partial charge in [0.2, 0.25) is 5.95 Å². The van der Waals surface area contributed by atoms with Gasteiger partial charge in [0.05, 0.1) is 10.1 Å². The zero-order chi connectivity index (χ0) is 14.6. The number of anilines is 2. The molecule has 0 radical (unpaired) electrons. The SMILES string of the molecule is CCCNc1ncc(Br)c(N2CCCC(C)(OC)C2)n1. The van der Waals surface area contributed by atoms with E-state index in [0.717, 1.165) is 49.2 Å². The van der Waals surface area contributed by atoms with Crippen molar-refractivity contribution in [2.45, 2.75) is 38.7 Å². The molecule has 2 heterocycles. The maximum Gasteiger partial charge on any atom is 0.224 e. The summed E-state index contributed by atoms with van der Waals surface area (Å²) in [5, 5.41) is 3.23. The first-order valence-electron chi connectivity index (χ1n) is 7.14. The zero-order valence-corrected chi connectivity index (χ0v) is 14.0. The van der Waals surface area contributed by atoms with E-state index in [4.69, 9.17) is 4.74 Å². The predicted molar refractivity (Wildman–Crippen MR) is 85.4 cm³/mol. The molecule has 6 heteroatoms. The molecule has 0 aromatic carbocycles. The third-order valence-corrected chi connectivity index (χ3v) is 4.27. The number of ether oxygens (including phenoxy) is 1. The molecule has 0 aliphatic carbocycles. The fourth-order valence-electron chi connectivity index (χ4n) is 2.45. The molecule has 1 saturated heterocycles. The molecule has 20 heavy (non-hydrogen) atoms. The Morgan fingerprint density at radius 1 is 1.55 bits per heavy atom. The molecule has 112 valence electrons. The largest absolute Gasteiger partial charge is 0.377 e. The Morgan fingerprint density at radius 3 is 3.05 bits per heavy atom. The van der Waals surface area contributed by atoms with E-state index in [0.29, 0.717) is 5.95 Å². The normalized spacial score (nSPS) is 22.9. The van der Waals surface area contributed by atoms with Crippen molar-refractivity contribution in [3.05, 3.63) is 10.7 Å². The van der Waals surface area contributed by atoms with E-state index in [9.17, 15) is 0 Å². The first kappa shape index (κ1) is 15.5. The van der Waals surface area contributed by atoms with Crippen LogP contribution in [0, 0.1) is 0 Å². The van der Waals surface area contributed by atoms with Crippen molar-refractivity contribution >= 4 is 27.7 Å². The van der Waals surface area contributed by atoms with Gasteiger partial charge >= 0.3 is 0 Å². The van der Waals surface area contributed by atoms with Crippen LogP contribution < -0.4 is 10.2 Å². The molecule has 1 aromatic heterocycles. The maximum atomic E-state index is 5.65. The van der Waals surface area contributed by atoms with Crippen molar-refractivity contribution in [3.63, 3.8) is 0 Å². The van der Waals surface area contributed by atoms with E-state index in [-0.39, 0.29) is 5.60 Å². The Hall–Kier alpha value is -0.880. The van der Waals surface area contributed by atoms with Crippen LogP contribution in [-0.2, 0) is 4.74 Å². The summed E-state index contributed by atoms with van der Waals surface area (Å²) in [6.45, 7) is 7.02. The standard InChI is InChI=1S/C14H23BrN4O/c1-4-7-16-13-17-9-11(15)12(18-13)19-8-5-6-14(2,10-19)20-3/h9H,4-8,10H2,1-3H3,(H,16,17,18). The first-order valence-corrected chi connectivity index (χ1v) is 7.94. The predicted octanol–water partition coefficient (Wildman–Crippen LogP) is 3.07. The third-order valence-electron chi connectivity index (χ3n) is 3.71. The molecular weight excluding hydrogens is 320 g/mol. The highest BCUT2D eigenvalue weighted by Crippen LogP contribution is 2.31. The van der Waals surface area contributed by atoms with E-state index in [1.807, 2.05) is 6.20 Å². The second kappa shape index (κ2) is 6.72. The van der Waals surface area contributed by atoms with Gasteiger partial charge in [-0.3, -0.25) is 0 Å². The number of rotatable bonds is 5.